The number of ether oxygens (including phenoxy) is 1. The number of hydrogen-bond acceptors (Lipinski definition) is 5. The number of amides is 3. The monoisotopic (exact) mass is 415 g/mol. The SMILES string of the molecule is CCOC(=O)c1cc2cc(NC(=O)N3CCCC(N4CCCC4=O)C3)ccc2s1. The number of nitrogens with zero attached hydrogens (tertiary/aromatic N) is 2. The summed E-state index contributed by atoms with van der Waals surface area (Å²) in [4.78, 5) is 41.0. The zero-order valence-corrected chi connectivity index (χ0v) is 17.3. The van der Waals surface area contributed by atoms with Crippen molar-refractivity contribution in [2.24, 2.45) is 0 Å². The molecule has 2 aliphatic rings. The van der Waals surface area contributed by atoms with Crippen LogP contribution in [0.4, 0.5) is 10.5 Å². The molecule has 8 heteroatoms. The zero-order chi connectivity index (χ0) is 20.4. The fourth-order valence-electron chi connectivity index (χ4n) is 4.08. The van der Waals surface area contributed by atoms with Crippen LogP contribution in [0.15, 0.2) is 24.3 Å². The molecule has 4 rings (SSSR count). The summed E-state index contributed by atoms with van der Waals surface area (Å²) in [7, 11) is 0. The molecule has 1 aromatic heterocycles. The van der Waals surface area contributed by atoms with E-state index in [0.29, 0.717) is 36.7 Å². The highest BCUT2D eigenvalue weighted by atomic mass is 32.1. The van der Waals surface area contributed by atoms with Gasteiger partial charge in [-0.25, -0.2) is 9.59 Å². The predicted molar refractivity (Wildman–Crippen MR) is 112 cm³/mol. The molecule has 2 aliphatic heterocycles. The van der Waals surface area contributed by atoms with Gasteiger partial charge >= 0.3 is 12.0 Å². The van der Waals surface area contributed by atoms with E-state index in [-0.39, 0.29) is 23.9 Å². The fourth-order valence-corrected chi connectivity index (χ4v) is 5.01. The van der Waals surface area contributed by atoms with Crippen LogP contribution in [-0.2, 0) is 9.53 Å². The molecular formula is C21H25N3O4S. The van der Waals surface area contributed by atoms with Gasteiger partial charge in [0.1, 0.15) is 4.88 Å². The van der Waals surface area contributed by atoms with Gasteiger partial charge in [0.05, 0.1) is 6.61 Å². The third-order valence-corrected chi connectivity index (χ3v) is 6.57. The van der Waals surface area contributed by atoms with E-state index in [2.05, 4.69) is 5.32 Å². The van der Waals surface area contributed by atoms with Gasteiger partial charge in [0, 0.05) is 42.5 Å². The van der Waals surface area contributed by atoms with Crippen LogP contribution < -0.4 is 5.32 Å². The summed E-state index contributed by atoms with van der Waals surface area (Å²) in [5, 5.41) is 3.86. The second-order valence-corrected chi connectivity index (χ2v) is 8.53. The van der Waals surface area contributed by atoms with Crippen LogP contribution in [0.1, 0.15) is 42.3 Å². The first-order valence-corrected chi connectivity index (χ1v) is 10.9. The second kappa shape index (κ2) is 8.41. The number of carbonyl (C=O) groups excluding carboxylic acids is 3. The third kappa shape index (κ3) is 4.22. The number of hydrogen-bond donors (Lipinski definition) is 1. The van der Waals surface area contributed by atoms with Gasteiger partial charge in [-0.15, -0.1) is 11.3 Å². The molecule has 2 fully saturated rings. The standard InChI is InChI=1S/C21H25N3O4S/c1-2-28-20(26)18-12-14-11-15(7-8-17(14)29-18)22-21(27)23-9-3-5-16(13-23)24-10-4-6-19(24)25/h7-8,11-12,16H,2-6,9-10,13H2,1H3,(H,22,27). The van der Waals surface area contributed by atoms with Crippen LogP contribution in [0.5, 0.6) is 0 Å². The van der Waals surface area contributed by atoms with E-state index in [4.69, 9.17) is 4.74 Å². The van der Waals surface area contributed by atoms with E-state index in [1.807, 2.05) is 23.1 Å². The molecule has 154 valence electrons. The Hall–Kier alpha value is -2.61. The lowest BCUT2D eigenvalue weighted by molar-refractivity contribution is -0.130. The Balaban J connectivity index is 1.42. The molecular weight excluding hydrogens is 390 g/mol. The number of nitrogens with one attached hydrogen (secondary N) is 1. The summed E-state index contributed by atoms with van der Waals surface area (Å²) in [6.45, 7) is 4.19. The molecule has 0 spiro atoms. The molecule has 1 N–H and O–H groups in total. The first kappa shape index (κ1) is 19.7. The minimum absolute atomic E-state index is 0.121. The van der Waals surface area contributed by atoms with Gasteiger partial charge in [-0.2, -0.15) is 0 Å². The molecule has 2 aromatic rings. The molecule has 0 bridgehead atoms. The lowest BCUT2D eigenvalue weighted by atomic mass is 10.0. The Kier molecular flexibility index (Phi) is 5.71. The Morgan fingerprint density at radius 1 is 1.24 bits per heavy atom. The van der Waals surface area contributed by atoms with Crippen molar-refractivity contribution in [1.82, 2.24) is 9.80 Å². The average molecular weight is 416 g/mol. The molecule has 29 heavy (non-hydrogen) atoms. The highest BCUT2D eigenvalue weighted by Crippen LogP contribution is 2.29. The Bertz CT molecular complexity index is 941. The number of benzene rings is 1. The lowest BCUT2D eigenvalue weighted by Crippen LogP contribution is -2.51. The van der Waals surface area contributed by atoms with Crippen molar-refractivity contribution in [2.45, 2.75) is 38.6 Å². The van der Waals surface area contributed by atoms with Gasteiger partial charge in [0.25, 0.3) is 0 Å². The van der Waals surface area contributed by atoms with Crippen molar-refractivity contribution in [3.63, 3.8) is 0 Å². The largest absolute Gasteiger partial charge is 0.462 e. The Morgan fingerprint density at radius 3 is 2.86 bits per heavy atom. The van der Waals surface area contributed by atoms with Gasteiger partial charge in [-0.3, -0.25) is 4.79 Å². The van der Waals surface area contributed by atoms with Gasteiger partial charge in [-0.1, -0.05) is 0 Å². The zero-order valence-electron chi connectivity index (χ0n) is 16.5. The van der Waals surface area contributed by atoms with Gasteiger partial charge in [0.2, 0.25) is 5.91 Å². The summed E-state index contributed by atoms with van der Waals surface area (Å²) in [5.74, 6) is -0.118. The quantitative estimate of drug-likeness (QED) is 0.773. The molecule has 0 aliphatic carbocycles. The number of carbonyl (C=O) groups is 3. The van der Waals surface area contributed by atoms with Crippen LogP contribution in [0.2, 0.25) is 0 Å². The number of piperidine rings is 1. The summed E-state index contributed by atoms with van der Waals surface area (Å²) < 4.78 is 6.03. The first-order valence-electron chi connectivity index (χ1n) is 10.1. The number of rotatable bonds is 4. The smallest absolute Gasteiger partial charge is 0.348 e. The number of esters is 1. The minimum Gasteiger partial charge on any atom is -0.462 e. The normalized spacial score (nSPS) is 19.6. The van der Waals surface area contributed by atoms with E-state index >= 15 is 0 Å². The predicted octanol–water partition coefficient (Wildman–Crippen LogP) is 3.70. The van der Waals surface area contributed by atoms with E-state index < -0.39 is 0 Å². The van der Waals surface area contributed by atoms with Crippen molar-refractivity contribution in [1.29, 1.82) is 0 Å². The maximum atomic E-state index is 12.8. The number of anilines is 1. The summed E-state index contributed by atoms with van der Waals surface area (Å²) >= 11 is 1.38. The molecule has 0 saturated carbocycles. The molecule has 0 radical (unpaired) electrons. The molecule has 1 atom stereocenters. The summed E-state index contributed by atoms with van der Waals surface area (Å²) in [6.07, 6.45) is 3.38. The van der Waals surface area contributed by atoms with E-state index in [0.717, 1.165) is 35.9 Å². The molecule has 3 amide bonds. The second-order valence-electron chi connectivity index (χ2n) is 7.45. The minimum atomic E-state index is -0.324. The van der Waals surface area contributed by atoms with Crippen LogP contribution in [0.3, 0.4) is 0 Å². The van der Waals surface area contributed by atoms with Crippen molar-refractivity contribution in [2.75, 3.05) is 31.6 Å². The Morgan fingerprint density at radius 2 is 2.10 bits per heavy atom. The number of likely N-dealkylation sites (tertiary alicyclic amines) is 2. The number of urea groups is 1. The summed E-state index contributed by atoms with van der Waals surface area (Å²) in [6, 6.07) is 7.39. The van der Waals surface area contributed by atoms with Crippen molar-refractivity contribution in [3.8, 4) is 0 Å². The fraction of sp³-hybridized carbons (Fsp3) is 0.476. The van der Waals surface area contributed by atoms with Crippen LogP contribution in [0, 0.1) is 0 Å². The summed E-state index contributed by atoms with van der Waals surface area (Å²) in [5.41, 5.74) is 0.690. The molecule has 7 nitrogen and oxygen atoms in total. The highest BCUT2D eigenvalue weighted by Gasteiger charge is 2.32. The van der Waals surface area contributed by atoms with Crippen molar-refractivity contribution >= 4 is 45.0 Å². The van der Waals surface area contributed by atoms with Gasteiger partial charge in [0.15, 0.2) is 0 Å². The van der Waals surface area contributed by atoms with Crippen LogP contribution in [0.25, 0.3) is 10.1 Å². The third-order valence-electron chi connectivity index (χ3n) is 5.48. The molecule has 3 heterocycles. The average Bonchev–Trinajstić information content (AvgIpc) is 3.34. The van der Waals surface area contributed by atoms with Crippen LogP contribution >= 0.6 is 11.3 Å². The molecule has 2 saturated heterocycles. The number of thiophene rings is 1. The van der Waals surface area contributed by atoms with Crippen LogP contribution in [-0.4, -0.2) is 60.0 Å². The lowest BCUT2D eigenvalue weighted by Gasteiger charge is -2.37. The molecule has 1 unspecified atom stereocenters. The maximum absolute atomic E-state index is 12.8. The van der Waals surface area contributed by atoms with Gasteiger partial charge in [-0.05, 0) is 55.8 Å². The van der Waals surface area contributed by atoms with E-state index in [1.165, 1.54) is 11.3 Å². The van der Waals surface area contributed by atoms with E-state index in [1.54, 1.807) is 17.9 Å². The van der Waals surface area contributed by atoms with Crippen molar-refractivity contribution in [3.05, 3.63) is 29.1 Å². The highest BCUT2D eigenvalue weighted by molar-refractivity contribution is 7.20. The topological polar surface area (TPSA) is 79.0 Å². The van der Waals surface area contributed by atoms with E-state index in [9.17, 15) is 14.4 Å². The molecule has 1 aromatic carbocycles. The van der Waals surface area contributed by atoms with Crippen molar-refractivity contribution < 1.29 is 19.1 Å². The number of fused-ring (bicyclic) bond motifs is 1. The maximum Gasteiger partial charge on any atom is 0.348 e. The van der Waals surface area contributed by atoms with Gasteiger partial charge < -0.3 is 19.9 Å². The Labute approximate surface area is 173 Å². The first-order chi connectivity index (χ1) is 14.0.